The summed E-state index contributed by atoms with van der Waals surface area (Å²) >= 11 is 1.75. The molecule has 1 fully saturated rings. The van der Waals surface area contributed by atoms with E-state index in [2.05, 4.69) is 46.3 Å². The number of aryl methyl sites for hydroxylation is 1. The van der Waals surface area contributed by atoms with Crippen molar-refractivity contribution in [2.24, 2.45) is 0 Å². The second kappa shape index (κ2) is 11.3. The lowest BCUT2D eigenvalue weighted by Crippen LogP contribution is -2.48. The molecule has 1 aromatic heterocycles. The Bertz CT molecular complexity index is 1630. The van der Waals surface area contributed by atoms with Crippen LogP contribution in [0.1, 0.15) is 27.0 Å². The predicted octanol–water partition coefficient (Wildman–Crippen LogP) is 3.90. The molecular formula is C30H33N5O3S2. The molecular weight excluding hydrogens is 542 g/mol. The molecule has 1 saturated heterocycles. The van der Waals surface area contributed by atoms with Crippen molar-refractivity contribution in [2.45, 2.75) is 24.8 Å². The van der Waals surface area contributed by atoms with E-state index in [0.29, 0.717) is 31.6 Å². The fourth-order valence-corrected chi connectivity index (χ4v) is 7.88. The average molecular weight is 576 g/mol. The Morgan fingerprint density at radius 1 is 0.950 bits per heavy atom. The van der Waals surface area contributed by atoms with E-state index in [9.17, 15) is 13.2 Å². The zero-order valence-corrected chi connectivity index (χ0v) is 24.2. The molecule has 0 unspecified atom stereocenters. The number of hydrogen-bond acceptors (Lipinski definition) is 7. The summed E-state index contributed by atoms with van der Waals surface area (Å²) in [7, 11) is -3.63. The van der Waals surface area contributed by atoms with E-state index in [0.717, 1.165) is 48.9 Å². The molecule has 0 radical (unpaired) electrons. The highest BCUT2D eigenvalue weighted by molar-refractivity contribution is 7.89. The standard InChI is InChI=1S/C30H33N5O3S2/c1-22-6-11-27-28(20-22)39-30(32-27)34-18-16-33(17-19-34)15-13-31-29(36)24-7-9-26(10-8-24)40(37,38)35-14-12-23-4-2-3-5-25(23)21-35/h2-11,20H,12-19,21H2,1H3,(H,31,36). The topological polar surface area (TPSA) is 85.9 Å². The second-order valence-corrected chi connectivity index (χ2v) is 13.4. The van der Waals surface area contributed by atoms with E-state index in [1.165, 1.54) is 32.3 Å². The maximum atomic E-state index is 13.2. The smallest absolute Gasteiger partial charge is 0.251 e. The van der Waals surface area contributed by atoms with E-state index < -0.39 is 10.0 Å². The van der Waals surface area contributed by atoms with E-state index in [1.807, 2.05) is 18.2 Å². The third-order valence-corrected chi connectivity index (χ3v) is 10.7. The number of piperazine rings is 1. The normalized spacial score (nSPS) is 16.7. The summed E-state index contributed by atoms with van der Waals surface area (Å²) in [6.45, 7) is 7.87. The first-order valence-electron chi connectivity index (χ1n) is 13.7. The molecule has 40 heavy (non-hydrogen) atoms. The number of nitrogens with one attached hydrogen (secondary N) is 1. The zero-order valence-electron chi connectivity index (χ0n) is 22.5. The van der Waals surface area contributed by atoms with E-state index in [4.69, 9.17) is 4.98 Å². The van der Waals surface area contributed by atoms with Crippen molar-refractivity contribution in [1.29, 1.82) is 0 Å². The number of aromatic nitrogens is 1. The van der Waals surface area contributed by atoms with Gasteiger partial charge in [-0.1, -0.05) is 41.7 Å². The lowest BCUT2D eigenvalue weighted by Gasteiger charge is -2.34. The van der Waals surface area contributed by atoms with Crippen LogP contribution in [-0.2, 0) is 23.0 Å². The van der Waals surface area contributed by atoms with Crippen molar-refractivity contribution < 1.29 is 13.2 Å². The average Bonchev–Trinajstić information content (AvgIpc) is 3.40. The zero-order chi connectivity index (χ0) is 27.7. The van der Waals surface area contributed by atoms with Gasteiger partial charge in [0.1, 0.15) is 0 Å². The number of anilines is 1. The summed E-state index contributed by atoms with van der Waals surface area (Å²) < 4.78 is 29.2. The lowest BCUT2D eigenvalue weighted by atomic mass is 10.0. The van der Waals surface area contributed by atoms with Gasteiger partial charge in [-0.2, -0.15) is 4.31 Å². The summed E-state index contributed by atoms with van der Waals surface area (Å²) in [5.74, 6) is -0.195. The number of fused-ring (bicyclic) bond motifs is 2. The molecule has 4 aromatic rings. The first-order chi connectivity index (χ1) is 19.4. The Hall–Kier alpha value is -3.31. The molecule has 208 valence electrons. The Balaban J connectivity index is 0.978. The first kappa shape index (κ1) is 26.9. The van der Waals surface area contributed by atoms with E-state index >= 15 is 0 Å². The molecule has 1 amide bonds. The number of sulfonamides is 1. The van der Waals surface area contributed by atoms with Crippen LogP contribution in [-0.4, -0.2) is 74.3 Å². The maximum absolute atomic E-state index is 13.2. The number of amides is 1. The fourth-order valence-electron chi connectivity index (χ4n) is 5.35. The summed E-state index contributed by atoms with van der Waals surface area (Å²) in [6, 6.07) is 20.6. The molecule has 2 aliphatic heterocycles. The molecule has 3 aromatic carbocycles. The van der Waals surface area contributed by atoms with Gasteiger partial charge >= 0.3 is 0 Å². The Kier molecular flexibility index (Phi) is 7.59. The third-order valence-electron chi connectivity index (χ3n) is 7.74. The van der Waals surface area contributed by atoms with Gasteiger partial charge in [0.2, 0.25) is 10.0 Å². The number of carbonyl (C=O) groups is 1. The monoisotopic (exact) mass is 575 g/mol. The van der Waals surface area contributed by atoms with Gasteiger partial charge in [0.15, 0.2) is 5.13 Å². The van der Waals surface area contributed by atoms with Crippen LogP contribution >= 0.6 is 11.3 Å². The third kappa shape index (κ3) is 5.62. The van der Waals surface area contributed by atoms with Gasteiger partial charge in [0, 0.05) is 57.9 Å². The van der Waals surface area contributed by atoms with Crippen molar-refractivity contribution in [3.8, 4) is 0 Å². The number of thiazole rings is 1. The van der Waals surface area contributed by atoms with Gasteiger partial charge < -0.3 is 10.2 Å². The van der Waals surface area contributed by atoms with E-state index in [1.54, 1.807) is 23.5 Å². The number of hydrogen-bond donors (Lipinski definition) is 1. The summed E-state index contributed by atoms with van der Waals surface area (Å²) in [6.07, 6.45) is 0.701. The van der Waals surface area contributed by atoms with Gasteiger partial charge in [0.25, 0.3) is 5.91 Å². The number of carbonyl (C=O) groups excluding carboxylic acids is 1. The van der Waals surface area contributed by atoms with E-state index in [-0.39, 0.29) is 10.8 Å². The molecule has 0 saturated carbocycles. The van der Waals surface area contributed by atoms with Crippen LogP contribution in [0.15, 0.2) is 71.6 Å². The van der Waals surface area contributed by atoms with Crippen LogP contribution in [0.25, 0.3) is 10.2 Å². The van der Waals surface area contributed by atoms with Gasteiger partial charge in [-0.05, 0) is 66.4 Å². The molecule has 6 rings (SSSR count). The molecule has 0 aliphatic carbocycles. The van der Waals surface area contributed by atoms with Crippen molar-refractivity contribution in [2.75, 3.05) is 50.7 Å². The molecule has 3 heterocycles. The number of benzene rings is 3. The molecule has 0 atom stereocenters. The minimum atomic E-state index is -3.63. The van der Waals surface area contributed by atoms with Crippen LogP contribution in [0.5, 0.6) is 0 Å². The minimum absolute atomic E-state index is 0.195. The SMILES string of the molecule is Cc1ccc2nc(N3CCN(CCNC(=O)c4ccc(S(=O)(=O)N5CCc6ccccc6C5)cc4)CC3)sc2c1. The van der Waals surface area contributed by atoms with Gasteiger partial charge in [-0.15, -0.1) is 0 Å². The molecule has 10 heteroatoms. The highest BCUT2D eigenvalue weighted by atomic mass is 32.2. The Morgan fingerprint density at radius 2 is 1.70 bits per heavy atom. The summed E-state index contributed by atoms with van der Waals surface area (Å²) in [5, 5.41) is 4.05. The maximum Gasteiger partial charge on any atom is 0.251 e. The van der Waals surface area contributed by atoms with Gasteiger partial charge in [-0.25, -0.2) is 13.4 Å². The molecule has 0 spiro atoms. The number of rotatable bonds is 7. The van der Waals surface area contributed by atoms with Crippen LogP contribution < -0.4 is 10.2 Å². The highest BCUT2D eigenvalue weighted by Gasteiger charge is 2.28. The summed E-state index contributed by atoms with van der Waals surface area (Å²) in [5.41, 5.74) is 5.00. The van der Waals surface area contributed by atoms with Crippen LogP contribution in [0.3, 0.4) is 0 Å². The quantitative estimate of drug-likeness (QED) is 0.360. The Labute approximate surface area is 239 Å². The van der Waals surface area contributed by atoms with Gasteiger partial charge in [-0.3, -0.25) is 9.69 Å². The fraction of sp³-hybridized carbons (Fsp3) is 0.333. The molecule has 0 bridgehead atoms. The largest absolute Gasteiger partial charge is 0.351 e. The molecule has 1 N–H and O–H groups in total. The van der Waals surface area contributed by atoms with Crippen molar-refractivity contribution in [1.82, 2.24) is 19.5 Å². The second-order valence-electron chi connectivity index (χ2n) is 10.4. The van der Waals surface area contributed by atoms with Crippen molar-refractivity contribution >= 4 is 42.6 Å². The van der Waals surface area contributed by atoms with Crippen molar-refractivity contribution in [3.05, 3.63) is 89.0 Å². The molecule has 2 aliphatic rings. The van der Waals surface area contributed by atoms with Crippen LogP contribution in [0.4, 0.5) is 5.13 Å². The highest BCUT2D eigenvalue weighted by Crippen LogP contribution is 2.30. The Morgan fingerprint density at radius 3 is 2.48 bits per heavy atom. The lowest BCUT2D eigenvalue weighted by molar-refractivity contribution is 0.0947. The number of nitrogens with zero attached hydrogens (tertiary/aromatic N) is 4. The molecule has 8 nitrogen and oxygen atoms in total. The van der Waals surface area contributed by atoms with Gasteiger partial charge in [0.05, 0.1) is 15.1 Å². The predicted molar refractivity (Wildman–Crippen MR) is 160 cm³/mol. The first-order valence-corrected chi connectivity index (χ1v) is 15.9. The van der Waals surface area contributed by atoms with Crippen LogP contribution in [0.2, 0.25) is 0 Å². The minimum Gasteiger partial charge on any atom is -0.351 e. The summed E-state index contributed by atoms with van der Waals surface area (Å²) in [4.78, 5) is 22.4. The van der Waals surface area contributed by atoms with Crippen molar-refractivity contribution in [3.63, 3.8) is 0 Å². The van der Waals surface area contributed by atoms with Crippen LogP contribution in [0, 0.1) is 6.92 Å².